The van der Waals surface area contributed by atoms with E-state index in [0.717, 1.165) is 10.6 Å². The second-order valence-corrected chi connectivity index (χ2v) is 3.66. The van der Waals surface area contributed by atoms with Crippen molar-refractivity contribution in [1.82, 2.24) is 5.01 Å². The molecular formula is C11H14N2O3. The number of cyclic esters (lactones) is 1. The summed E-state index contributed by atoms with van der Waals surface area (Å²) in [6.07, 6.45) is -0.755. The Hall–Kier alpha value is -1.59. The molecule has 0 bridgehead atoms. The van der Waals surface area contributed by atoms with E-state index in [9.17, 15) is 4.79 Å². The highest BCUT2D eigenvalue weighted by atomic mass is 16.6. The normalized spacial score (nSPS) is 19.9. The second kappa shape index (κ2) is 4.96. The molecule has 5 nitrogen and oxygen atoms in total. The van der Waals surface area contributed by atoms with Crippen LogP contribution in [0.2, 0.25) is 0 Å². The number of nitrogens with two attached hydrogens (primary N) is 1. The fourth-order valence-corrected chi connectivity index (χ4v) is 1.51. The molecule has 0 radical (unpaired) electrons. The first kappa shape index (κ1) is 10.9. The Kier molecular flexibility index (Phi) is 3.38. The number of hydrogen-bond acceptors (Lipinski definition) is 4. The predicted molar refractivity (Wildman–Crippen MR) is 57.3 cm³/mol. The summed E-state index contributed by atoms with van der Waals surface area (Å²) in [6.45, 7) is 1.27. The number of nitrogens with zero attached hydrogens (tertiary/aromatic N) is 1. The van der Waals surface area contributed by atoms with Crippen LogP contribution in [-0.2, 0) is 16.1 Å². The average Bonchev–Trinajstić information content (AvgIpc) is 2.60. The maximum atomic E-state index is 10.9. The lowest BCUT2D eigenvalue weighted by molar-refractivity contribution is 0.0381. The highest BCUT2D eigenvalue weighted by molar-refractivity contribution is 5.68. The van der Waals surface area contributed by atoms with Crippen LogP contribution in [0.3, 0.4) is 0 Å². The Morgan fingerprint density at radius 2 is 2.19 bits per heavy atom. The van der Waals surface area contributed by atoms with Crippen LogP contribution in [0, 0.1) is 0 Å². The van der Waals surface area contributed by atoms with Gasteiger partial charge in [0.2, 0.25) is 0 Å². The van der Waals surface area contributed by atoms with Gasteiger partial charge in [0.25, 0.3) is 0 Å². The third kappa shape index (κ3) is 2.71. The Balaban J connectivity index is 1.71. The van der Waals surface area contributed by atoms with Gasteiger partial charge in [0.05, 0.1) is 19.8 Å². The number of amides is 1. The lowest BCUT2D eigenvalue weighted by Gasteiger charge is -2.08. The topological polar surface area (TPSA) is 64.8 Å². The summed E-state index contributed by atoms with van der Waals surface area (Å²) >= 11 is 0. The van der Waals surface area contributed by atoms with Crippen molar-refractivity contribution in [2.75, 3.05) is 13.2 Å². The van der Waals surface area contributed by atoms with Crippen LogP contribution < -0.4 is 5.84 Å². The number of carbonyl (C=O) groups is 1. The van der Waals surface area contributed by atoms with Crippen molar-refractivity contribution in [3.63, 3.8) is 0 Å². The van der Waals surface area contributed by atoms with E-state index < -0.39 is 6.09 Å². The summed E-state index contributed by atoms with van der Waals surface area (Å²) in [7, 11) is 0. The molecule has 1 amide bonds. The van der Waals surface area contributed by atoms with Gasteiger partial charge in [-0.25, -0.2) is 15.6 Å². The van der Waals surface area contributed by atoms with Crippen molar-refractivity contribution < 1.29 is 14.3 Å². The molecule has 0 saturated carbocycles. The molecule has 0 aliphatic carbocycles. The Morgan fingerprint density at radius 3 is 2.81 bits per heavy atom. The summed E-state index contributed by atoms with van der Waals surface area (Å²) in [5.41, 5.74) is 1.09. The first-order valence-electron chi connectivity index (χ1n) is 5.10. The van der Waals surface area contributed by atoms with Crippen molar-refractivity contribution in [1.29, 1.82) is 0 Å². The zero-order chi connectivity index (χ0) is 11.4. The van der Waals surface area contributed by atoms with Gasteiger partial charge in [-0.1, -0.05) is 30.3 Å². The third-order valence-corrected chi connectivity index (χ3v) is 2.32. The van der Waals surface area contributed by atoms with Crippen LogP contribution in [0.15, 0.2) is 30.3 Å². The monoisotopic (exact) mass is 222 g/mol. The molecular weight excluding hydrogens is 208 g/mol. The van der Waals surface area contributed by atoms with E-state index in [-0.39, 0.29) is 6.10 Å². The van der Waals surface area contributed by atoms with Gasteiger partial charge < -0.3 is 9.47 Å². The zero-order valence-corrected chi connectivity index (χ0v) is 8.83. The maximum absolute atomic E-state index is 10.9. The van der Waals surface area contributed by atoms with Crippen LogP contribution in [-0.4, -0.2) is 30.4 Å². The van der Waals surface area contributed by atoms with E-state index >= 15 is 0 Å². The number of hydrazine groups is 1. The Labute approximate surface area is 93.7 Å². The van der Waals surface area contributed by atoms with E-state index in [1.165, 1.54) is 0 Å². The van der Waals surface area contributed by atoms with Gasteiger partial charge in [0, 0.05) is 0 Å². The van der Waals surface area contributed by atoms with E-state index in [2.05, 4.69) is 0 Å². The quantitative estimate of drug-likeness (QED) is 0.607. The molecule has 1 unspecified atom stereocenters. The molecule has 2 N–H and O–H groups in total. The summed E-state index contributed by atoms with van der Waals surface area (Å²) < 4.78 is 10.4. The van der Waals surface area contributed by atoms with Crippen molar-refractivity contribution in [3.05, 3.63) is 35.9 Å². The summed E-state index contributed by atoms with van der Waals surface area (Å²) in [5, 5.41) is 1.05. The minimum Gasteiger partial charge on any atom is -0.441 e. The number of carbonyl (C=O) groups excluding carboxylic acids is 1. The van der Waals surface area contributed by atoms with Gasteiger partial charge in [0.1, 0.15) is 6.10 Å². The Bertz CT molecular complexity index is 356. The number of rotatable bonds is 4. The van der Waals surface area contributed by atoms with Gasteiger partial charge in [-0.05, 0) is 5.56 Å². The van der Waals surface area contributed by atoms with Gasteiger partial charge in [0.15, 0.2) is 0 Å². The van der Waals surface area contributed by atoms with Crippen molar-refractivity contribution >= 4 is 6.09 Å². The molecule has 16 heavy (non-hydrogen) atoms. The van der Waals surface area contributed by atoms with E-state index in [0.29, 0.717) is 19.8 Å². The number of ether oxygens (including phenoxy) is 2. The molecule has 5 heteroatoms. The van der Waals surface area contributed by atoms with Crippen molar-refractivity contribution in [2.45, 2.75) is 12.7 Å². The molecule has 0 aromatic heterocycles. The van der Waals surface area contributed by atoms with E-state index in [4.69, 9.17) is 15.3 Å². The highest BCUT2D eigenvalue weighted by Crippen LogP contribution is 2.08. The standard InChI is InChI=1S/C11H14N2O3/c12-13-6-10(16-11(13)14)8-15-7-9-4-2-1-3-5-9/h1-5,10H,6-8,12H2. The predicted octanol–water partition coefficient (Wildman–Crippen LogP) is 0.898. The minimum absolute atomic E-state index is 0.263. The molecule has 1 heterocycles. The van der Waals surface area contributed by atoms with Gasteiger partial charge in [-0.3, -0.25) is 0 Å². The maximum Gasteiger partial charge on any atom is 0.424 e. The average molecular weight is 222 g/mol. The SMILES string of the molecule is NN1CC(COCc2ccccc2)OC1=O. The zero-order valence-electron chi connectivity index (χ0n) is 8.83. The van der Waals surface area contributed by atoms with E-state index in [1.54, 1.807) is 0 Å². The minimum atomic E-state index is -0.492. The van der Waals surface area contributed by atoms with Crippen LogP contribution in [0.25, 0.3) is 0 Å². The molecule has 2 rings (SSSR count). The fourth-order valence-electron chi connectivity index (χ4n) is 1.51. The van der Waals surface area contributed by atoms with Crippen molar-refractivity contribution in [3.8, 4) is 0 Å². The van der Waals surface area contributed by atoms with Gasteiger partial charge in [-0.2, -0.15) is 0 Å². The number of benzene rings is 1. The first-order valence-corrected chi connectivity index (χ1v) is 5.10. The molecule has 1 aromatic carbocycles. The second-order valence-electron chi connectivity index (χ2n) is 3.66. The van der Waals surface area contributed by atoms with Gasteiger partial charge >= 0.3 is 6.09 Å². The number of hydrogen-bond donors (Lipinski definition) is 1. The molecule has 0 spiro atoms. The van der Waals surface area contributed by atoms with Crippen LogP contribution >= 0.6 is 0 Å². The largest absolute Gasteiger partial charge is 0.441 e. The first-order chi connectivity index (χ1) is 7.75. The molecule has 1 atom stereocenters. The molecule has 1 aliphatic rings. The summed E-state index contributed by atoms with van der Waals surface area (Å²) in [4.78, 5) is 10.9. The molecule has 1 fully saturated rings. The lowest BCUT2D eigenvalue weighted by Crippen LogP contribution is -2.32. The van der Waals surface area contributed by atoms with E-state index in [1.807, 2.05) is 30.3 Å². The molecule has 86 valence electrons. The fraction of sp³-hybridized carbons (Fsp3) is 0.364. The van der Waals surface area contributed by atoms with Crippen molar-refractivity contribution in [2.24, 2.45) is 5.84 Å². The smallest absolute Gasteiger partial charge is 0.424 e. The third-order valence-electron chi connectivity index (χ3n) is 2.32. The van der Waals surface area contributed by atoms with Crippen LogP contribution in [0.5, 0.6) is 0 Å². The Morgan fingerprint density at radius 1 is 1.44 bits per heavy atom. The summed E-state index contributed by atoms with van der Waals surface area (Å²) in [5.74, 6) is 5.35. The molecule has 1 aromatic rings. The van der Waals surface area contributed by atoms with Gasteiger partial charge in [-0.15, -0.1) is 0 Å². The highest BCUT2D eigenvalue weighted by Gasteiger charge is 2.28. The summed E-state index contributed by atoms with van der Waals surface area (Å²) in [6, 6.07) is 9.83. The molecule has 1 saturated heterocycles. The molecule has 1 aliphatic heterocycles. The van der Waals surface area contributed by atoms with Crippen LogP contribution in [0.4, 0.5) is 4.79 Å². The lowest BCUT2D eigenvalue weighted by atomic mass is 10.2. The van der Waals surface area contributed by atoms with Crippen LogP contribution in [0.1, 0.15) is 5.56 Å².